The molecule has 1 heterocycles. The highest BCUT2D eigenvalue weighted by Crippen LogP contribution is 2.27. The number of methoxy groups -OCH3 is 1. The number of carbonyl (C=O) groups excluding carboxylic acids is 1. The molecule has 0 radical (unpaired) electrons. The van der Waals surface area contributed by atoms with Crippen molar-refractivity contribution in [2.75, 3.05) is 7.11 Å². The van der Waals surface area contributed by atoms with Crippen molar-refractivity contribution in [2.24, 2.45) is 0 Å². The molecule has 0 bridgehead atoms. The van der Waals surface area contributed by atoms with Crippen molar-refractivity contribution in [3.63, 3.8) is 0 Å². The lowest BCUT2D eigenvalue weighted by Gasteiger charge is -2.29. The van der Waals surface area contributed by atoms with E-state index in [2.05, 4.69) is 16.7 Å². The van der Waals surface area contributed by atoms with E-state index in [1.807, 2.05) is 0 Å². The molecule has 0 saturated heterocycles. The fourth-order valence-electron chi connectivity index (χ4n) is 2.07. The Labute approximate surface area is 122 Å². The molecule has 5 nitrogen and oxygen atoms in total. The van der Waals surface area contributed by atoms with E-state index in [9.17, 15) is 4.79 Å². The molecule has 102 valence electrons. The van der Waals surface area contributed by atoms with Crippen LogP contribution >= 0.6 is 12.2 Å². The molecule has 0 aliphatic carbocycles. The quantitative estimate of drug-likeness (QED) is 0.634. The van der Waals surface area contributed by atoms with Gasteiger partial charge in [-0.15, -0.1) is 0 Å². The molecule has 20 heavy (non-hydrogen) atoms. The number of hydrogen-bond acceptors (Lipinski definition) is 4. The zero-order valence-electron chi connectivity index (χ0n) is 11.1. The lowest BCUT2D eigenvalue weighted by Crippen LogP contribution is -2.45. The minimum atomic E-state index is -0.417. The lowest BCUT2D eigenvalue weighted by molar-refractivity contribution is -0.136. The first kappa shape index (κ1) is 14.0. The first-order valence-corrected chi connectivity index (χ1v) is 6.34. The van der Waals surface area contributed by atoms with Crippen LogP contribution in [-0.2, 0) is 9.53 Å². The summed E-state index contributed by atoms with van der Waals surface area (Å²) in [4.78, 5) is 11.9. The second-order valence-corrected chi connectivity index (χ2v) is 4.70. The minimum absolute atomic E-state index is 0.385. The van der Waals surface area contributed by atoms with Crippen LogP contribution in [0.3, 0.4) is 0 Å². The van der Waals surface area contributed by atoms with Crippen molar-refractivity contribution in [3.8, 4) is 6.07 Å². The highest BCUT2D eigenvalue weighted by atomic mass is 32.1. The number of esters is 1. The Bertz CT molecular complexity index is 629. The van der Waals surface area contributed by atoms with Crippen LogP contribution in [0.2, 0.25) is 0 Å². The Morgan fingerprint density at radius 3 is 2.60 bits per heavy atom. The fourth-order valence-corrected chi connectivity index (χ4v) is 2.35. The zero-order chi connectivity index (χ0) is 14.7. The van der Waals surface area contributed by atoms with Crippen LogP contribution in [0.4, 0.5) is 0 Å². The molecular formula is C14H13N3O2S. The first-order valence-electron chi connectivity index (χ1n) is 5.93. The van der Waals surface area contributed by atoms with Gasteiger partial charge in [0.05, 0.1) is 30.4 Å². The molecule has 0 amide bonds. The molecule has 2 N–H and O–H groups in total. The summed E-state index contributed by atoms with van der Waals surface area (Å²) in [5.74, 6) is -0.417. The normalized spacial score (nSPS) is 17.9. The molecule has 6 heteroatoms. The molecule has 1 aliphatic rings. The first-order chi connectivity index (χ1) is 9.56. The number of ether oxygens (including phenoxy) is 1. The van der Waals surface area contributed by atoms with Gasteiger partial charge in [0, 0.05) is 5.70 Å². The predicted octanol–water partition coefficient (Wildman–Crippen LogP) is 1.52. The van der Waals surface area contributed by atoms with Crippen LogP contribution in [0.1, 0.15) is 24.1 Å². The van der Waals surface area contributed by atoms with Crippen LogP contribution in [0.25, 0.3) is 0 Å². The summed E-state index contributed by atoms with van der Waals surface area (Å²) in [7, 11) is 1.34. The van der Waals surface area contributed by atoms with Crippen molar-refractivity contribution in [1.82, 2.24) is 10.6 Å². The van der Waals surface area contributed by atoms with Gasteiger partial charge in [-0.1, -0.05) is 12.1 Å². The van der Waals surface area contributed by atoms with Crippen LogP contribution in [0, 0.1) is 11.3 Å². The van der Waals surface area contributed by atoms with E-state index >= 15 is 0 Å². The topological polar surface area (TPSA) is 74.2 Å². The van der Waals surface area contributed by atoms with Gasteiger partial charge in [0.15, 0.2) is 5.11 Å². The summed E-state index contributed by atoms with van der Waals surface area (Å²) in [5.41, 5.74) is 2.54. The highest BCUT2D eigenvalue weighted by Gasteiger charge is 2.30. The zero-order valence-corrected chi connectivity index (χ0v) is 11.9. The lowest BCUT2D eigenvalue weighted by atomic mass is 9.95. The average Bonchev–Trinajstić information content (AvgIpc) is 2.46. The molecule has 1 atom stereocenters. The molecule has 0 unspecified atom stereocenters. The third kappa shape index (κ3) is 2.63. The minimum Gasteiger partial charge on any atom is -0.466 e. The van der Waals surface area contributed by atoms with Gasteiger partial charge in [0.25, 0.3) is 0 Å². The number of nitrogens with zero attached hydrogens (tertiary/aromatic N) is 1. The monoisotopic (exact) mass is 287 g/mol. The number of hydrogen-bond donors (Lipinski definition) is 2. The summed E-state index contributed by atoms with van der Waals surface area (Å²) in [5, 5.41) is 15.2. The smallest absolute Gasteiger partial charge is 0.337 e. The SMILES string of the molecule is COC(=O)C1=C(C)NC(=S)N[C@@H]1c1ccc(C#N)cc1. The number of nitrogens with one attached hydrogen (secondary N) is 2. The van der Waals surface area contributed by atoms with Crippen molar-refractivity contribution in [2.45, 2.75) is 13.0 Å². The van der Waals surface area contributed by atoms with Gasteiger partial charge in [-0.3, -0.25) is 0 Å². The van der Waals surface area contributed by atoms with Gasteiger partial charge in [0.1, 0.15) is 0 Å². The summed E-state index contributed by atoms with van der Waals surface area (Å²) < 4.78 is 4.82. The van der Waals surface area contributed by atoms with Gasteiger partial charge in [0.2, 0.25) is 0 Å². The number of benzene rings is 1. The van der Waals surface area contributed by atoms with Crippen molar-refractivity contribution in [1.29, 1.82) is 5.26 Å². The van der Waals surface area contributed by atoms with Gasteiger partial charge in [-0.25, -0.2) is 4.79 Å². The van der Waals surface area contributed by atoms with Gasteiger partial charge in [-0.05, 0) is 36.8 Å². The largest absolute Gasteiger partial charge is 0.466 e. The number of carbonyl (C=O) groups is 1. The van der Waals surface area contributed by atoms with E-state index in [4.69, 9.17) is 22.2 Å². The maximum Gasteiger partial charge on any atom is 0.337 e. The Hall–Kier alpha value is -2.39. The van der Waals surface area contributed by atoms with Crippen molar-refractivity contribution >= 4 is 23.3 Å². The molecule has 1 aromatic rings. The maximum atomic E-state index is 11.9. The molecule has 1 aliphatic heterocycles. The third-order valence-electron chi connectivity index (χ3n) is 3.05. The number of thiocarbonyl (C=S) groups is 1. The molecule has 0 aromatic heterocycles. The molecular weight excluding hydrogens is 274 g/mol. The van der Waals surface area contributed by atoms with Crippen LogP contribution in [-0.4, -0.2) is 18.2 Å². The van der Waals surface area contributed by atoms with Crippen molar-refractivity contribution in [3.05, 3.63) is 46.7 Å². The number of allylic oxidation sites excluding steroid dienone is 1. The Kier molecular flexibility index (Phi) is 4.01. The summed E-state index contributed by atoms with van der Waals surface area (Å²) in [6.07, 6.45) is 0. The van der Waals surface area contributed by atoms with Gasteiger partial charge in [-0.2, -0.15) is 5.26 Å². The Balaban J connectivity index is 2.45. The van der Waals surface area contributed by atoms with E-state index in [0.717, 1.165) is 5.56 Å². The van der Waals surface area contributed by atoms with E-state index < -0.39 is 5.97 Å². The third-order valence-corrected chi connectivity index (χ3v) is 3.27. The molecule has 0 spiro atoms. The highest BCUT2D eigenvalue weighted by molar-refractivity contribution is 7.80. The second-order valence-electron chi connectivity index (χ2n) is 4.30. The Morgan fingerprint density at radius 2 is 2.05 bits per heavy atom. The second kappa shape index (κ2) is 5.72. The Morgan fingerprint density at radius 1 is 1.40 bits per heavy atom. The van der Waals surface area contributed by atoms with Crippen LogP contribution in [0.5, 0.6) is 0 Å². The van der Waals surface area contributed by atoms with Gasteiger partial charge < -0.3 is 15.4 Å². The standard InChI is InChI=1S/C14H13N3O2S/c1-8-11(13(18)19-2)12(17-14(20)16-8)10-5-3-9(7-15)4-6-10/h3-6,12H,1-2H3,(H2,16,17,20)/t12-/m1/s1. The summed E-state index contributed by atoms with van der Waals surface area (Å²) in [6.45, 7) is 1.77. The van der Waals surface area contributed by atoms with Crippen molar-refractivity contribution < 1.29 is 9.53 Å². The van der Waals surface area contributed by atoms with E-state index in [-0.39, 0.29) is 6.04 Å². The summed E-state index contributed by atoms with van der Waals surface area (Å²) in [6, 6.07) is 8.66. The van der Waals surface area contributed by atoms with E-state index in [1.54, 1.807) is 31.2 Å². The number of rotatable bonds is 2. The van der Waals surface area contributed by atoms with E-state index in [0.29, 0.717) is 21.9 Å². The van der Waals surface area contributed by atoms with Crippen LogP contribution < -0.4 is 10.6 Å². The fraction of sp³-hybridized carbons (Fsp3) is 0.214. The maximum absolute atomic E-state index is 11.9. The molecule has 0 fully saturated rings. The van der Waals surface area contributed by atoms with Crippen LogP contribution in [0.15, 0.2) is 35.5 Å². The van der Waals surface area contributed by atoms with Gasteiger partial charge >= 0.3 is 5.97 Å². The predicted molar refractivity (Wildman–Crippen MR) is 77.5 cm³/mol. The number of nitriles is 1. The molecule has 1 aromatic carbocycles. The van der Waals surface area contributed by atoms with E-state index in [1.165, 1.54) is 7.11 Å². The average molecular weight is 287 g/mol. The summed E-state index contributed by atoms with van der Waals surface area (Å²) >= 11 is 5.12. The molecule has 2 rings (SSSR count). The molecule has 0 saturated carbocycles.